The van der Waals surface area contributed by atoms with Gasteiger partial charge in [0.2, 0.25) is 0 Å². The maximum Gasteiger partial charge on any atom is 0.125 e. The number of hydrogen-bond donors (Lipinski definition) is 0. The van der Waals surface area contributed by atoms with Crippen LogP contribution in [0.2, 0.25) is 5.02 Å². The predicted molar refractivity (Wildman–Crippen MR) is 126 cm³/mol. The van der Waals surface area contributed by atoms with E-state index in [1.807, 2.05) is 6.07 Å². The summed E-state index contributed by atoms with van der Waals surface area (Å²) in [5, 5.41) is 0.963. The van der Waals surface area contributed by atoms with Crippen molar-refractivity contribution in [2.24, 2.45) is 0 Å². The maximum absolute atomic E-state index is 14.3. The number of fused-ring (bicyclic) bond motifs is 2. The van der Waals surface area contributed by atoms with Gasteiger partial charge in [-0.2, -0.15) is 0 Å². The molecule has 4 aromatic rings. The number of hydrogen-bond acceptors (Lipinski definition) is 4. The van der Waals surface area contributed by atoms with Crippen molar-refractivity contribution in [3.63, 3.8) is 0 Å². The molecule has 0 atom stereocenters. The van der Waals surface area contributed by atoms with E-state index in [0.717, 1.165) is 58.6 Å². The number of ether oxygens (including phenoxy) is 1. The van der Waals surface area contributed by atoms with Crippen molar-refractivity contribution in [3.8, 4) is 5.69 Å². The van der Waals surface area contributed by atoms with Crippen LogP contribution in [0.4, 0.5) is 10.1 Å². The molecule has 0 unspecified atom stereocenters. The van der Waals surface area contributed by atoms with Gasteiger partial charge in [-0.1, -0.05) is 18.5 Å². The molecule has 0 N–H and O–H groups in total. The molecule has 3 heterocycles. The highest BCUT2D eigenvalue weighted by Gasteiger charge is 2.20. The minimum absolute atomic E-state index is 0.300. The minimum atomic E-state index is -0.386. The first kappa shape index (κ1) is 20.7. The Morgan fingerprint density at radius 1 is 1.16 bits per heavy atom. The number of nitrogens with zero attached hydrogens (tertiary/aromatic N) is 4. The molecule has 8 heteroatoms. The van der Waals surface area contributed by atoms with Gasteiger partial charge in [0.05, 0.1) is 35.0 Å². The lowest BCUT2D eigenvalue weighted by atomic mass is 10.1. The highest BCUT2D eigenvalue weighted by atomic mass is 79.9. The van der Waals surface area contributed by atoms with Crippen LogP contribution in [0.1, 0.15) is 19.2 Å². The molecule has 0 spiro atoms. The van der Waals surface area contributed by atoms with Crippen LogP contribution in [-0.2, 0) is 11.2 Å². The van der Waals surface area contributed by atoms with Crippen LogP contribution in [0.25, 0.3) is 27.6 Å². The molecule has 1 aliphatic rings. The molecule has 31 heavy (non-hydrogen) atoms. The molecule has 2 aromatic carbocycles. The first-order valence-corrected chi connectivity index (χ1v) is 11.5. The number of aryl methyl sites for hydroxylation is 1. The van der Waals surface area contributed by atoms with E-state index in [1.165, 1.54) is 12.1 Å². The molecule has 2 aromatic heterocycles. The fourth-order valence-electron chi connectivity index (χ4n) is 4.19. The molecule has 0 aliphatic carbocycles. The molecule has 160 valence electrons. The van der Waals surface area contributed by atoms with Crippen molar-refractivity contribution in [1.29, 1.82) is 0 Å². The summed E-state index contributed by atoms with van der Waals surface area (Å²) < 4.78 is 22.9. The summed E-state index contributed by atoms with van der Waals surface area (Å²) in [4.78, 5) is 11.6. The fourth-order valence-corrected chi connectivity index (χ4v) is 4.97. The summed E-state index contributed by atoms with van der Waals surface area (Å²) in [5.74, 6) is 0.536. The predicted octanol–water partition coefficient (Wildman–Crippen LogP) is 5.92. The zero-order chi connectivity index (χ0) is 21.5. The maximum atomic E-state index is 14.3. The Balaban J connectivity index is 1.80. The molecule has 1 saturated heterocycles. The lowest BCUT2D eigenvalue weighted by molar-refractivity contribution is 0.122. The molecule has 1 aliphatic heterocycles. The highest BCUT2D eigenvalue weighted by Crippen LogP contribution is 2.36. The van der Waals surface area contributed by atoms with Gasteiger partial charge in [0.15, 0.2) is 0 Å². The Hall–Kier alpha value is -2.22. The van der Waals surface area contributed by atoms with E-state index in [4.69, 9.17) is 21.3 Å². The molecule has 1 fully saturated rings. The van der Waals surface area contributed by atoms with Gasteiger partial charge in [-0.3, -0.25) is 9.55 Å². The second-order valence-electron chi connectivity index (χ2n) is 7.62. The number of halogens is 3. The smallest absolute Gasteiger partial charge is 0.125 e. The lowest BCUT2D eigenvalue weighted by Crippen LogP contribution is -2.36. The minimum Gasteiger partial charge on any atom is -0.378 e. The number of imidazole rings is 1. The molecule has 5 nitrogen and oxygen atoms in total. The van der Waals surface area contributed by atoms with E-state index in [1.54, 1.807) is 6.20 Å². The highest BCUT2D eigenvalue weighted by molar-refractivity contribution is 9.10. The second-order valence-corrected chi connectivity index (χ2v) is 8.88. The number of rotatable bonds is 4. The number of benzene rings is 2. The van der Waals surface area contributed by atoms with Crippen LogP contribution in [0, 0.1) is 5.82 Å². The second kappa shape index (κ2) is 8.37. The van der Waals surface area contributed by atoms with Crippen LogP contribution in [0.3, 0.4) is 0 Å². The van der Waals surface area contributed by atoms with Gasteiger partial charge in [-0.05, 0) is 52.7 Å². The molecule has 0 bridgehead atoms. The van der Waals surface area contributed by atoms with E-state index < -0.39 is 0 Å². The third-order valence-corrected chi connectivity index (χ3v) is 6.49. The number of pyridine rings is 1. The summed E-state index contributed by atoms with van der Waals surface area (Å²) in [5.41, 5.74) is 4.35. The first-order valence-electron chi connectivity index (χ1n) is 10.3. The SMILES string of the molecule is CCCc1nc2c(Br)cc(N3CCOCC3)cc2n1-c1ccnc2c(Cl)cc(F)cc12. The van der Waals surface area contributed by atoms with Crippen molar-refractivity contribution in [3.05, 3.63) is 57.7 Å². The molecular weight excluding hydrogens is 483 g/mol. The number of morpholine rings is 1. The van der Waals surface area contributed by atoms with Crippen molar-refractivity contribution in [2.75, 3.05) is 31.2 Å². The Labute approximate surface area is 192 Å². The quantitative estimate of drug-likeness (QED) is 0.347. The van der Waals surface area contributed by atoms with Crippen molar-refractivity contribution in [1.82, 2.24) is 14.5 Å². The van der Waals surface area contributed by atoms with Gasteiger partial charge in [-0.25, -0.2) is 9.37 Å². The molecular formula is C23H21BrClFN4O. The van der Waals surface area contributed by atoms with Crippen LogP contribution in [0.15, 0.2) is 41.0 Å². The summed E-state index contributed by atoms with van der Waals surface area (Å²) in [6, 6.07) is 8.96. The van der Waals surface area contributed by atoms with Crippen LogP contribution < -0.4 is 4.90 Å². The Morgan fingerprint density at radius 2 is 1.97 bits per heavy atom. The monoisotopic (exact) mass is 502 g/mol. The van der Waals surface area contributed by atoms with Gasteiger partial charge in [0.25, 0.3) is 0 Å². The number of anilines is 1. The average Bonchev–Trinajstić information content (AvgIpc) is 3.13. The summed E-state index contributed by atoms with van der Waals surface area (Å²) in [7, 11) is 0. The zero-order valence-electron chi connectivity index (χ0n) is 17.0. The van der Waals surface area contributed by atoms with E-state index in [-0.39, 0.29) is 5.82 Å². The molecule has 0 amide bonds. The van der Waals surface area contributed by atoms with Crippen LogP contribution in [0.5, 0.6) is 0 Å². The Bertz CT molecular complexity index is 1290. The van der Waals surface area contributed by atoms with Crippen molar-refractivity contribution >= 4 is 55.2 Å². The molecule has 0 saturated carbocycles. The zero-order valence-corrected chi connectivity index (χ0v) is 19.4. The lowest BCUT2D eigenvalue weighted by Gasteiger charge is -2.29. The Morgan fingerprint density at radius 3 is 2.74 bits per heavy atom. The van der Waals surface area contributed by atoms with E-state index in [9.17, 15) is 4.39 Å². The third-order valence-electron chi connectivity index (χ3n) is 5.60. The van der Waals surface area contributed by atoms with Gasteiger partial charge >= 0.3 is 0 Å². The van der Waals surface area contributed by atoms with Gasteiger partial charge in [0, 0.05) is 41.3 Å². The standard InChI is InChI=1S/C23H21BrClFN4O/c1-2-3-21-28-23-17(24)12-15(29-6-8-31-9-7-29)13-20(23)30(21)19-4-5-27-22-16(19)10-14(26)11-18(22)25/h4-5,10-13H,2-3,6-9H2,1H3. The topological polar surface area (TPSA) is 43.2 Å². The third kappa shape index (κ3) is 3.69. The average molecular weight is 504 g/mol. The molecule has 5 rings (SSSR count). The van der Waals surface area contributed by atoms with Crippen molar-refractivity contribution < 1.29 is 9.13 Å². The van der Waals surface area contributed by atoms with Gasteiger partial charge in [0.1, 0.15) is 17.2 Å². The van der Waals surface area contributed by atoms with Crippen LogP contribution in [-0.4, -0.2) is 40.8 Å². The van der Waals surface area contributed by atoms with E-state index in [2.05, 4.69) is 49.4 Å². The Kier molecular flexibility index (Phi) is 5.58. The van der Waals surface area contributed by atoms with Crippen molar-refractivity contribution in [2.45, 2.75) is 19.8 Å². The van der Waals surface area contributed by atoms with E-state index >= 15 is 0 Å². The summed E-state index contributed by atoms with van der Waals surface area (Å²) >= 11 is 10.0. The largest absolute Gasteiger partial charge is 0.378 e. The van der Waals surface area contributed by atoms with Crippen LogP contribution >= 0.6 is 27.5 Å². The van der Waals surface area contributed by atoms with E-state index in [0.29, 0.717) is 29.1 Å². The normalized spacial score (nSPS) is 14.6. The first-order chi connectivity index (χ1) is 15.1. The molecule has 0 radical (unpaired) electrons. The van der Waals surface area contributed by atoms with Gasteiger partial charge < -0.3 is 9.64 Å². The van der Waals surface area contributed by atoms with Gasteiger partial charge in [-0.15, -0.1) is 0 Å². The summed E-state index contributed by atoms with van der Waals surface area (Å²) in [6.07, 6.45) is 3.44. The summed E-state index contributed by atoms with van der Waals surface area (Å²) in [6.45, 7) is 5.23. The fraction of sp³-hybridized carbons (Fsp3) is 0.304. The number of aromatic nitrogens is 3.